The van der Waals surface area contributed by atoms with Crippen LogP contribution in [0.2, 0.25) is 0 Å². The number of rotatable bonds is 2. The lowest BCUT2D eigenvalue weighted by Gasteiger charge is -1.98. The molecule has 70 valence electrons. The SMILES string of the molecule is FC(F)(F)S/C=C/c1cccnc1. The minimum absolute atomic E-state index is 0.180. The van der Waals surface area contributed by atoms with Gasteiger partial charge in [-0.25, -0.2) is 0 Å². The van der Waals surface area contributed by atoms with Crippen LogP contribution in [0.25, 0.3) is 6.08 Å². The number of hydrogen-bond donors (Lipinski definition) is 0. The molecule has 0 bridgehead atoms. The molecule has 0 atom stereocenters. The van der Waals surface area contributed by atoms with Crippen molar-refractivity contribution in [3.63, 3.8) is 0 Å². The van der Waals surface area contributed by atoms with E-state index in [9.17, 15) is 13.2 Å². The van der Waals surface area contributed by atoms with Crippen molar-refractivity contribution >= 4 is 17.8 Å². The molecule has 0 spiro atoms. The Labute approximate surface area is 77.7 Å². The summed E-state index contributed by atoms with van der Waals surface area (Å²) in [5.41, 5.74) is -3.56. The van der Waals surface area contributed by atoms with Crippen molar-refractivity contribution in [1.82, 2.24) is 4.98 Å². The predicted octanol–water partition coefficient (Wildman–Crippen LogP) is 3.31. The highest BCUT2D eigenvalue weighted by molar-refractivity contribution is 8.03. The van der Waals surface area contributed by atoms with Gasteiger partial charge in [-0.15, -0.1) is 0 Å². The molecule has 5 heteroatoms. The van der Waals surface area contributed by atoms with Crippen LogP contribution in [0, 0.1) is 0 Å². The molecule has 0 amide bonds. The zero-order valence-electron chi connectivity index (χ0n) is 6.45. The molecular weight excluding hydrogens is 199 g/mol. The maximum absolute atomic E-state index is 11.7. The smallest absolute Gasteiger partial charge is 0.264 e. The lowest BCUT2D eigenvalue weighted by molar-refractivity contribution is -0.0319. The Bertz CT molecular complexity index is 281. The van der Waals surface area contributed by atoms with Gasteiger partial charge in [-0.1, -0.05) is 6.07 Å². The fraction of sp³-hybridized carbons (Fsp3) is 0.125. The Hall–Kier alpha value is -0.970. The molecule has 1 aromatic heterocycles. The summed E-state index contributed by atoms with van der Waals surface area (Å²) in [6.45, 7) is 0. The van der Waals surface area contributed by atoms with E-state index in [0.29, 0.717) is 5.56 Å². The topological polar surface area (TPSA) is 12.9 Å². The number of hydrogen-bond acceptors (Lipinski definition) is 2. The zero-order valence-corrected chi connectivity index (χ0v) is 7.27. The predicted molar refractivity (Wildman–Crippen MR) is 46.9 cm³/mol. The van der Waals surface area contributed by atoms with Gasteiger partial charge >= 0.3 is 5.51 Å². The second-order valence-electron chi connectivity index (χ2n) is 2.15. The van der Waals surface area contributed by atoms with E-state index in [2.05, 4.69) is 4.98 Å². The summed E-state index contributed by atoms with van der Waals surface area (Å²) in [5.74, 6) is 0. The Kier molecular flexibility index (Phi) is 3.36. The van der Waals surface area contributed by atoms with E-state index in [1.807, 2.05) is 0 Å². The first-order valence-electron chi connectivity index (χ1n) is 3.39. The third-order valence-electron chi connectivity index (χ3n) is 1.15. The van der Waals surface area contributed by atoms with Crippen LogP contribution in [0.15, 0.2) is 29.9 Å². The minimum Gasteiger partial charge on any atom is -0.264 e. The van der Waals surface area contributed by atoms with E-state index in [4.69, 9.17) is 0 Å². The van der Waals surface area contributed by atoms with E-state index in [-0.39, 0.29) is 11.8 Å². The second-order valence-corrected chi connectivity index (χ2v) is 3.12. The Morgan fingerprint density at radius 2 is 2.15 bits per heavy atom. The second kappa shape index (κ2) is 4.32. The van der Waals surface area contributed by atoms with Gasteiger partial charge in [-0.05, 0) is 34.9 Å². The zero-order chi connectivity index (χ0) is 9.73. The first-order chi connectivity index (χ1) is 6.08. The summed E-state index contributed by atoms with van der Waals surface area (Å²) in [6, 6.07) is 3.35. The fourth-order valence-electron chi connectivity index (χ4n) is 0.664. The monoisotopic (exact) mass is 205 g/mol. The Balaban J connectivity index is 2.51. The van der Waals surface area contributed by atoms with E-state index < -0.39 is 5.51 Å². The van der Waals surface area contributed by atoms with Crippen molar-refractivity contribution in [2.24, 2.45) is 0 Å². The van der Waals surface area contributed by atoms with Gasteiger partial charge in [-0.2, -0.15) is 13.2 Å². The third-order valence-corrected chi connectivity index (χ3v) is 1.69. The van der Waals surface area contributed by atoms with Gasteiger partial charge in [0.1, 0.15) is 0 Å². The Morgan fingerprint density at radius 3 is 2.69 bits per heavy atom. The van der Waals surface area contributed by atoms with Crippen molar-refractivity contribution in [3.8, 4) is 0 Å². The lowest BCUT2D eigenvalue weighted by atomic mass is 10.3. The highest BCUT2D eigenvalue weighted by Crippen LogP contribution is 2.31. The van der Waals surface area contributed by atoms with Crippen molar-refractivity contribution in [2.45, 2.75) is 5.51 Å². The van der Waals surface area contributed by atoms with Crippen LogP contribution >= 0.6 is 11.8 Å². The summed E-state index contributed by atoms with van der Waals surface area (Å²) < 4.78 is 35.0. The van der Waals surface area contributed by atoms with Crippen molar-refractivity contribution in [1.29, 1.82) is 0 Å². The lowest BCUT2D eigenvalue weighted by Crippen LogP contribution is -1.96. The largest absolute Gasteiger partial charge is 0.445 e. The van der Waals surface area contributed by atoms with Crippen LogP contribution in [-0.2, 0) is 0 Å². The molecule has 1 rings (SSSR count). The van der Waals surface area contributed by atoms with E-state index >= 15 is 0 Å². The summed E-state index contributed by atoms with van der Waals surface area (Å²) in [4.78, 5) is 3.76. The molecule has 1 heterocycles. The van der Waals surface area contributed by atoms with Gasteiger partial charge < -0.3 is 0 Å². The van der Waals surface area contributed by atoms with E-state index in [1.165, 1.54) is 12.3 Å². The van der Waals surface area contributed by atoms with Crippen LogP contribution in [0.1, 0.15) is 5.56 Å². The first-order valence-corrected chi connectivity index (χ1v) is 4.27. The summed E-state index contributed by atoms with van der Waals surface area (Å²) in [6.07, 6.45) is 4.42. The highest BCUT2D eigenvalue weighted by atomic mass is 32.2. The molecule has 1 aromatic rings. The maximum atomic E-state index is 11.7. The number of aromatic nitrogens is 1. The molecule has 1 nitrogen and oxygen atoms in total. The molecule has 0 saturated carbocycles. The maximum Gasteiger partial charge on any atom is 0.445 e. The van der Waals surface area contributed by atoms with Crippen LogP contribution in [0.3, 0.4) is 0 Å². The molecule has 0 radical (unpaired) electrons. The molecule has 0 aliphatic carbocycles. The van der Waals surface area contributed by atoms with Gasteiger partial charge in [0.2, 0.25) is 0 Å². The number of pyridine rings is 1. The molecule has 0 fully saturated rings. The van der Waals surface area contributed by atoms with Gasteiger partial charge in [0.05, 0.1) is 0 Å². The fourth-order valence-corrected chi connectivity index (χ4v) is 1.04. The van der Waals surface area contributed by atoms with Gasteiger partial charge in [0.25, 0.3) is 0 Å². The molecule has 0 saturated heterocycles. The molecule has 0 aliphatic rings. The van der Waals surface area contributed by atoms with Crippen LogP contribution in [0.5, 0.6) is 0 Å². The standard InChI is InChI=1S/C8H6F3NS/c9-8(10,11)13-5-3-7-2-1-4-12-6-7/h1-6H/b5-3+. The third kappa shape index (κ3) is 4.57. The number of thioether (sulfide) groups is 1. The summed E-state index contributed by atoms with van der Waals surface area (Å²) >= 11 is -0.180. The average molecular weight is 205 g/mol. The molecular formula is C8H6F3NS. The van der Waals surface area contributed by atoms with Gasteiger partial charge in [-0.3, -0.25) is 4.98 Å². The number of nitrogens with zero attached hydrogens (tertiary/aromatic N) is 1. The first kappa shape index (κ1) is 10.1. The van der Waals surface area contributed by atoms with E-state index in [0.717, 1.165) is 5.41 Å². The quantitative estimate of drug-likeness (QED) is 0.734. The number of halogens is 3. The van der Waals surface area contributed by atoms with Gasteiger partial charge in [0, 0.05) is 12.4 Å². The van der Waals surface area contributed by atoms with Crippen molar-refractivity contribution in [2.75, 3.05) is 0 Å². The molecule has 0 aromatic carbocycles. The summed E-state index contributed by atoms with van der Waals surface area (Å²) in [5, 5.41) is 0.997. The Morgan fingerprint density at radius 1 is 1.38 bits per heavy atom. The average Bonchev–Trinajstić information content (AvgIpc) is 2.04. The molecule has 0 unspecified atom stereocenters. The highest BCUT2D eigenvalue weighted by Gasteiger charge is 2.26. The number of alkyl halides is 3. The minimum atomic E-state index is -4.21. The molecule has 0 N–H and O–H groups in total. The molecule has 0 aliphatic heterocycles. The van der Waals surface area contributed by atoms with E-state index in [1.54, 1.807) is 18.3 Å². The molecule has 13 heavy (non-hydrogen) atoms. The normalized spacial score (nSPS) is 12.2. The van der Waals surface area contributed by atoms with Crippen molar-refractivity contribution < 1.29 is 13.2 Å². The van der Waals surface area contributed by atoms with Crippen LogP contribution in [-0.4, -0.2) is 10.5 Å². The van der Waals surface area contributed by atoms with Gasteiger partial charge in [0.15, 0.2) is 0 Å². The van der Waals surface area contributed by atoms with Crippen molar-refractivity contribution in [3.05, 3.63) is 35.5 Å². The van der Waals surface area contributed by atoms with Crippen LogP contribution in [0.4, 0.5) is 13.2 Å². The summed E-state index contributed by atoms with van der Waals surface area (Å²) in [7, 11) is 0. The van der Waals surface area contributed by atoms with Crippen LogP contribution < -0.4 is 0 Å².